The summed E-state index contributed by atoms with van der Waals surface area (Å²) >= 11 is 0. The second kappa shape index (κ2) is 8.49. The van der Waals surface area contributed by atoms with Gasteiger partial charge in [0.1, 0.15) is 5.82 Å². The maximum atomic E-state index is 12.8. The third-order valence-electron chi connectivity index (χ3n) is 5.89. The molecule has 4 rings (SSSR count). The van der Waals surface area contributed by atoms with E-state index in [1.807, 2.05) is 58.0 Å². The Morgan fingerprint density at radius 3 is 2.61 bits per heavy atom. The highest BCUT2D eigenvalue weighted by Crippen LogP contribution is 2.26. The number of aromatic nitrogens is 3. The molecule has 0 radical (unpaired) electrons. The molecule has 0 aliphatic carbocycles. The van der Waals surface area contributed by atoms with Crippen LogP contribution in [0.1, 0.15) is 61.3 Å². The van der Waals surface area contributed by atoms with Gasteiger partial charge in [-0.1, -0.05) is 39.0 Å². The molecule has 31 heavy (non-hydrogen) atoms. The third kappa shape index (κ3) is 4.60. The van der Waals surface area contributed by atoms with Gasteiger partial charge in [-0.05, 0) is 48.1 Å². The molecular formula is C24H29N5O2. The number of piperidine rings is 1. The number of benzene rings is 1. The van der Waals surface area contributed by atoms with Crippen LogP contribution in [0.15, 0.2) is 48.7 Å². The Morgan fingerprint density at radius 1 is 1.10 bits per heavy atom. The highest BCUT2D eigenvalue weighted by atomic mass is 16.2. The summed E-state index contributed by atoms with van der Waals surface area (Å²) in [7, 11) is 0. The van der Waals surface area contributed by atoms with Crippen LogP contribution in [0.2, 0.25) is 0 Å². The van der Waals surface area contributed by atoms with Crippen molar-refractivity contribution in [1.29, 1.82) is 0 Å². The molecule has 162 valence electrons. The maximum Gasteiger partial charge on any atom is 0.251 e. The SMILES string of the molecule is CC(C)(C)c1ccc(C(=O)NCC(=O)N2CCCC(c3nnc4ccccn34)C2)cc1. The molecule has 0 saturated carbocycles. The summed E-state index contributed by atoms with van der Waals surface area (Å²) in [5.41, 5.74) is 2.57. The van der Waals surface area contributed by atoms with E-state index in [1.165, 1.54) is 5.56 Å². The first-order valence-electron chi connectivity index (χ1n) is 10.8. The second-order valence-corrected chi connectivity index (χ2v) is 9.18. The van der Waals surface area contributed by atoms with Crippen LogP contribution in [0.4, 0.5) is 0 Å². The molecule has 1 aliphatic rings. The van der Waals surface area contributed by atoms with Crippen molar-refractivity contribution in [2.75, 3.05) is 19.6 Å². The van der Waals surface area contributed by atoms with Crippen molar-refractivity contribution in [1.82, 2.24) is 24.8 Å². The number of fused-ring (bicyclic) bond motifs is 1. The fourth-order valence-corrected chi connectivity index (χ4v) is 4.04. The van der Waals surface area contributed by atoms with E-state index < -0.39 is 0 Å². The van der Waals surface area contributed by atoms with E-state index in [0.29, 0.717) is 18.7 Å². The summed E-state index contributed by atoms with van der Waals surface area (Å²) in [4.78, 5) is 27.1. The number of pyridine rings is 1. The van der Waals surface area contributed by atoms with E-state index in [1.54, 1.807) is 0 Å². The number of nitrogens with zero attached hydrogens (tertiary/aromatic N) is 4. The first kappa shape index (κ1) is 21.0. The molecular weight excluding hydrogens is 390 g/mol. The van der Waals surface area contributed by atoms with Crippen LogP contribution in [0.3, 0.4) is 0 Å². The number of hydrogen-bond acceptors (Lipinski definition) is 4. The fraction of sp³-hybridized carbons (Fsp3) is 0.417. The van der Waals surface area contributed by atoms with Gasteiger partial charge in [0.05, 0.1) is 6.54 Å². The van der Waals surface area contributed by atoms with E-state index in [-0.39, 0.29) is 29.7 Å². The van der Waals surface area contributed by atoms with Crippen LogP contribution in [0, 0.1) is 0 Å². The smallest absolute Gasteiger partial charge is 0.251 e. The molecule has 2 aromatic heterocycles. The van der Waals surface area contributed by atoms with Crippen LogP contribution in [-0.2, 0) is 10.2 Å². The standard InChI is InChI=1S/C24H29N5O2/c1-24(2,3)19-11-9-17(10-12-19)23(31)25-15-21(30)28-13-6-7-18(16-28)22-27-26-20-8-4-5-14-29(20)22/h4-5,8-12,14,18H,6-7,13,15-16H2,1-3H3,(H,25,31). The number of hydrogen-bond donors (Lipinski definition) is 1. The zero-order valence-electron chi connectivity index (χ0n) is 18.3. The van der Waals surface area contributed by atoms with Crippen molar-refractivity contribution < 1.29 is 9.59 Å². The highest BCUT2D eigenvalue weighted by Gasteiger charge is 2.28. The van der Waals surface area contributed by atoms with Crippen LogP contribution in [-0.4, -0.2) is 50.9 Å². The number of rotatable bonds is 4. The minimum atomic E-state index is -0.231. The van der Waals surface area contributed by atoms with Gasteiger partial charge in [0.15, 0.2) is 5.65 Å². The quantitative estimate of drug-likeness (QED) is 0.705. The number of nitrogens with one attached hydrogen (secondary N) is 1. The Labute approximate surface area is 182 Å². The summed E-state index contributed by atoms with van der Waals surface area (Å²) < 4.78 is 1.99. The summed E-state index contributed by atoms with van der Waals surface area (Å²) in [5.74, 6) is 0.718. The van der Waals surface area contributed by atoms with Crippen LogP contribution < -0.4 is 5.32 Å². The van der Waals surface area contributed by atoms with E-state index in [0.717, 1.165) is 24.3 Å². The molecule has 0 spiro atoms. The van der Waals surface area contributed by atoms with Gasteiger partial charge < -0.3 is 10.2 Å². The summed E-state index contributed by atoms with van der Waals surface area (Å²) in [6, 6.07) is 13.4. The van der Waals surface area contributed by atoms with E-state index in [9.17, 15) is 9.59 Å². The molecule has 1 atom stereocenters. The molecule has 1 aromatic carbocycles. The molecule has 2 amide bonds. The molecule has 3 heterocycles. The lowest BCUT2D eigenvalue weighted by molar-refractivity contribution is -0.131. The van der Waals surface area contributed by atoms with Crippen LogP contribution in [0.25, 0.3) is 5.65 Å². The Bertz CT molecular complexity index is 1080. The minimum Gasteiger partial charge on any atom is -0.343 e. The first-order valence-corrected chi connectivity index (χ1v) is 10.8. The predicted octanol–water partition coefficient (Wildman–Crippen LogP) is 3.16. The van der Waals surface area contributed by atoms with Crippen molar-refractivity contribution in [3.8, 4) is 0 Å². The van der Waals surface area contributed by atoms with Crippen molar-refractivity contribution in [3.63, 3.8) is 0 Å². The maximum absolute atomic E-state index is 12.8. The average Bonchev–Trinajstić information content (AvgIpc) is 3.21. The number of carbonyl (C=O) groups excluding carboxylic acids is 2. The zero-order chi connectivity index (χ0) is 22.0. The highest BCUT2D eigenvalue weighted by molar-refractivity contribution is 5.96. The molecule has 1 unspecified atom stereocenters. The largest absolute Gasteiger partial charge is 0.343 e. The lowest BCUT2D eigenvalue weighted by atomic mass is 9.87. The van der Waals surface area contributed by atoms with Crippen LogP contribution in [0.5, 0.6) is 0 Å². The lowest BCUT2D eigenvalue weighted by Crippen LogP contribution is -2.44. The Morgan fingerprint density at radius 2 is 1.87 bits per heavy atom. The van der Waals surface area contributed by atoms with Crippen molar-refractivity contribution >= 4 is 17.5 Å². The molecule has 0 bridgehead atoms. The van der Waals surface area contributed by atoms with Gasteiger partial charge in [-0.3, -0.25) is 14.0 Å². The number of carbonyl (C=O) groups is 2. The molecule has 1 aliphatic heterocycles. The van der Waals surface area contributed by atoms with Gasteiger partial charge in [0, 0.05) is 30.8 Å². The summed E-state index contributed by atoms with van der Waals surface area (Å²) in [5, 5.41) is 11.4. The van der Waals surface area contributed by atoms with Crippen LogP contribution >= 0.6 is 0 Å². The third-order valence-corrected chi connectivity index (χ3v) is 5.89. The van der Waals surface area contributed by atoms with E-state index in [4.69, 9.17) is 0 Å². The predicted molar refractivity (Wildman–Crippen MR) is 119 cm³/mol. The molecule has 1 N–H and O–H groups in total. The fourth-order valence-electron chi connectivity index (χ4n) is 4.04. The molecule has 7 nitrogen and oxygen atoms in total. The van der Waals surface area contributed by atoms with Crippen molar-refractivity contribution in [2.45, 2.75) is 44.9 Å². The van der Waals surface area contributed by atoms with Gasteiger partial charge >= 0.3 is 0 Å². The van der Waals surface area contributed by atoms with Gasteiger partial charge in [-0.2, -0.15) is 0 Å². The summed E-state index contributed by atoms with van der Waals surface area (Å²) in [6.45, 7) is 7.68. The Kier molecular flexibility index (Phi) is 5.76. The molecule has 1 fully saturated rings. The molecule has 3 aromatic rings. The normalized spacial score (nSPS) is 17.0. The summed E-state index contributed by atoms with van der Waals surface area (Å²) in [6.07, 6.45) is 3.82. The zero-order valence-corrected chi connectivity index (χ0v) is 18.3. The Hall–Kier alpha value is -3.22. The first-order chi connectivity index (χ1) is 14.8. The van der Waals surface area contributed by atoms with Gasteiger partial charge in [0.2, 0.25) is 5.91 Å². The average molecular weight is 420 g/mol. The van der Waals surface area contributed by atoms with E-state index >= 15 is 0 Å². The monoisotopic (exact) mass is 419 g/mol. The number of amides is 2. The molecule has 1 saturated heterocycles. The van der Waals surface area contributed by atoms with Gasteiger partial charge in [-0.25, -0.2) is 0 Å². The van der Waals surface area contributed by atoms with Crippen molar-refractivity contribution in [3.05, 3.63) is 65.6 Å². The second-order valence-electron chi connectivity index (χ2n) is 9.18. The lowest BCUT2D eigenvalue weighted by Gasteiger charge is -2.32. The van der Waals surface area contributed by atoms with Gasteiger partial charge in [-0.15, -0.1) is 10.2 Å². The minimum absolute atomic E-state index is 0.00679. The number of likely N-dealkylation sites (tertiary alicyclic amines) is 1. The van der Waals surface area contributed by atoms with Crippen molar-refractivity contribution in [2.24, 2.45) is 0 Å². The topological polar surface area (TPSA) is 79.6 Å². The van der Waals surface area contributed by atoms with E-state index in [2.05, 4.69) is 36.3 Å². The Balaban J connectivity index is 1.35. The van der Waals surface area contributed by atoms with Gasteiger partial charge in [0.25, 0.3) is 5.91 Å². The molecule has 7 heteroatoms.